The van der Waals surface area contributed by atoms with E-state index in [-0.39, 0.29) is 12.5 Å². The van der Waals surface area contributed by atoms with Gasteiger partial charge in [0.05, 0.1) is 17.7 Å². The molecule has 5 nitrogen and oxygen atoms in total. The molecule has 25 heavy (non-hydrogen) atoms. The number of nitrogens with one attached hydrogen (secondary N) is 1. The van der Waals surface area contributed by atoms with E-state index in [9.17, 15) is 4.79 Å². The van der Waals surface area contributed by atoms with Gasteiger partial charge in [-0.3, -0.25) is 14.8 Å². The van der Waals surface area contributed by atoms with E-state index in [0.717, 1.165) is 38.0 Å². The van der Waals surface area contributed by atoms with E-state index in [1.54, 1.807) is 12.4 Å². The van der Waals surface area contributed by atoms with Crippen molar-refractivity contribution >= 4 is 44.2 Å². The summed E-state index contributed by atoms with van der Waals surface area (Å²) in [4.78, 5) is 23.2. The summed E-state index contributed by atoms with van der Waals surface area (Å²) in [6, 6.07) is 9.75. The second-order valence-electron chi connectivity index (χ2n) is 6.02. The highest BCUT2D eigenvalue weighted by molar-refractivity contribution is 9.10. The van der Waals surface area contributed by atoms with Crippen molar-refractivity contribution in [3.05, 3.63) is 58.3 Å². The van der Waals surface area contributed by atoms with Gasteiger partial charge in [-0.05, 0) is 53.0 Å². The summed E-state index contributed by atoms with van der Waals surface area (Å²) in [6.45, 7) is 4.21. The van der Waals surface area contributed by atoms with Crippen molar-refractivity contribution in [2.24, 2.45) is 0 Å². The Morgan fingerprint density at radius 1 is 1.20 bits per heavy atom. The number of halogens is 1. The molecule has 1 aromatic carbocycles. The first kappa shape index (κ1) is 17.4. The lowest BCUT2D eigenvalue weighted by Crippen LogP contribution is -2.30. The first-order valence-corrected chi connectivity index (χ1v) is 8.72. The normalized spacial score (nSPS) is 10.7. The quantitative estimate of drug-likeness (QED) is 0.718. The largest absolute Gasteiger partial charge is 0.363 e. The summed E-state index contributed by atoms with van der Waals surface area (Å²) in [6.07, 6.45) is 3.46. The summed E-state index contributed by atoms with van der Waals surface area (Å²) in [5.41, 5.74) is 5.41. The number of aryl methyl sites for hydroxylation is 2. The number of carbonyl (C=O) groups excluding carboxylic acids is 1. The lowest BCUT2D eigenvalue weighted by molar-refractivity contribution is -0.114. The summed E-state index contributed by atoms with van der Waals surface area (Å²) in [5.74, 6) is -0.0676. The van der Waals surface area contributed by atoms with Crippen LogP contribution in [0.15, 0.2) is 47.2 Å². The molecule has 0 radical (unpaired) electrons. The lowest BCUT2D eigenvalue weighted by Gasteiger charge is -2.20. The van der Waals surface area contributed by atoms with Gasteiger partial charge < -0.3 is 10.2 Å². The van der Waals surface area contributed by atoms with Crippen molar-refractivity contribution in [2.45, 2.75) is 13.8 Å². The number of pyridine rings is 2. The van der Waals surface area contributed by atoms with E-state index in [1.165, 1.54) is 0 Å². The summed E-state index contributed by atoms with van der Waals surface area (Å²) < 4.78 is 0.875. The fraction of sp³-hybridized carbons (Fsp3) is 0.211. The molecule has 6 heteroatoms. The smallest absolute Gasteiger partial charge is 0.243 e. The third-order valence-corrected chi connectivity index (χ3v) is 4.49. The average Bonchev–Trinajstić information content (AvgIpc) is 2.57. The molecular weight excluding hydrogens is 380 g/mol. The summed E-state index contributed by atoms with van der Waals surface area (Å²) in [7, 11) is 1.88. The van der Waals surface area contributed by atoms with E-state index in [4.69, 9.17) is 0 Å². The number of aromatic nitrogens is 2. The van der Waals surface area contributed by atoms with Crippen molar-refractivity contribution in [3.8, 4) is 0 Å². The molecular formula is C19H19BrN4O. The van der Waals surface area contributed by atoms with E-state index < -0.39 is 0 Å². The van der Waals surface area contributed by atoms with Gasteiger partial charge in [-0.25, -0.2) is 0 Å². The molecule has 0 bridgehead atoms. The Kier molecular flexibility index (Phi) is 4.99. The van der Waals surface area contributed by atoms with Gasteiger partial charge in [-0.2, -0.15) is 0 Å². The maximum Gasteiger partial charge on any atom is 0.243 e. The first-order valence-electron chi connectivity index (χ1n) is 7.93. The van der Waals surface area contributed by atoms with Crippen molar-refractivity contribution in [1.29, 1.82) is 0 Å². The van der Waals surface area contributed by atoms with Gasteiger partial charge in [-0.1, -0.05) is 18.2 Å². The van der Waals surface area contributed by atoms with Gasteiger partial charge in [0, 0.05) is 29.6 Å². The van der Waals surface area contributed by atoms with Gasteiger partial charge >= 0.3 is 0 Å². The van der Waals surface area contributed by atoms with Crippen molar-refractivity contribution in [1.82, 2.24) is 9.97 Å². The predicted molar refractivity (Wildman–Crippen MR) is 105 cm³/mol. The van der Waals surface area contributed by atoms with Gasteiger partial charge in [0.25, 0.3) is 0 Å². The van der Waals surface area contributed by atoms with Crippen LogP contribution in [0.4, 0.5) is 11.4 Å². The number of carbonyl (C=O) groups is 1. The molecule has 0 saturated carbocycles. The molecule has 3 aromatic rings. The second kappa shape index (κ2) is 7.19. The number of hydrogen-bond donors (Lipinski definition) is 1. The molecule has 0 atom stereocenters. The average molecular weight is 399 g/mol. The Morgan fingerprint density at radius 2 is 1.92 bits per heavy atom. The minimum Gasteiger partial charge on any atom is -0.363 e. The van der Waals surface area contributed by atoms with Crippen LogP contribution >= 0.6 is 15.9 Å². The number of hydrogen-bond acceptors (Lipinski definition) is 4. The number of fused-ring (bicyclic) bond motifs is 1. The standard InChI is InChI=1S/C19H19BrN4O/c1-12-5-4-6-13(2)18(12)23-17(25)11-24(3)16-7-8-21-15-9-14(20)10-22-19(15)16/h4-10H,11H2,1-3H3,(H,23,25). The van der Waals surface area contributed by atoms with Crippen LogP contribution in [0.3, 0.4) is 0 Å². The van der Waals surface area contributed by atoms with Gasteiger partial charge in [-0.15, -0.1) is 0 Å². The first-order chi connectivity index (χ1) is 12.0. The van der Waals surface area contributed by atoms with E-state index in [0.29, 0.717) is 0 Å². The van der Waals surface area contributed by atoms with Crippen molar-refractivity contribution in [3.63, 3.8) is 0 Å². The zero-order valence-electron chi connectivity index (χ0n) is 14.4. The minimum absolute atomic E-state index is 0.0676. The van der Waals surface area contributed by atoms with Crippen LogP contribution in [0.2, 0.25) is 0 Å². The van der Waals surface area contributed by atoms with Crippen molar-refractivity contribution in [2.75, 3.05) is 23.8 Å². The van der Waals surface area contributed by atoms with E-state index >= 15 is 0 Å². The van der Waals surface area contributed by atoms with Crippen LogP contribution in [0.25, 0.3) is 11.0 Å². The zero-order valence-corrected chi connectivity index (χ0v) is 16.0. The molecule has 2 aromatic heterocycles. The van der Waals surface area contributed by atoms with Crippen LogP contribution in [0, 0.1) is 13.8 Å². The molecule has 1 N–H and O–H groups in total. The SMILES string of the molecule is Cc1cccc(C)c1NC(=O)CN(C)c1ccnc2cc(Br)cnc12. The molecule has 1 amide bonds. The van der Waals surface area contributed by atoms with E-state index in [2.05, 4.69) is 31.2 Å². The Bertz CT molecular complexity index is 922. The summed E-state index contributed by atoms with van der Waals surface area (Å²) >= 11 is 3.40. The predicted octanol–water partition coefficient (Wildman–Crippen LogP) is 4.08. The molecule has 0 spiro atoms. The number of likely N-dealkylation sites (N-methyl/N-ethyl adjacent to an activating group) is 1. The zero-order chi connectivity index (χ0) is 18.0. The molecule has 0 saturated heterocycles. The van der Waals surface area contributed by atoms with Crippen LogP contribution in [0.1, 0.15) is 11.1 Å². The third-order valence-electron chi connectivity index (χ3n) is 4.06. The van der Waals surface area contributed by atoms with Crippen LogP contribution in [-0.2, 0) is 4.79 Å². The van der Waals surface area contributed by atoms with Crippen molar-refractivity contribution < 1.29 is 4.79 Å². The molecule has 128 valence electrons. The number of anilines is 2. The maximum atomic E-state index is 12.5. The maximum absolute atomic E-state index is 12.5. The Morgan fingerprint density at radius 3 is 2.64 bits per heavy atom. The number of nitrogens with zero attached hydrogens (tertiary/aromatic N) is 3. The Hall–Kier alpha value is -2.47. The topological polar surface area (TPSA) is 58.1 Å². The highest BCUT2D eigenvalue weighted by Crippen LogP contribution is 2.25. The molecule has 3 rings (SSSR count). The lowest BCUT2D eigenvalue weighted by atomic mass is 10.1. The minimum atomic E-state index is -0.0676. The van der Waals surface area contributed by atoms with Crippen LogP contribution in [-0.4, -0.2) is 29.5 Å². The molecule has 0 fully saturated rings. The Labute approximate surface area is 155 Å². The fourth-order valence-corrected chi connectivity index (χ4v) is 3.11. The van der Waals surface area contributed by atoms with Crippen LogP contribution < -0.4 is 10.2 Å². The molecule has 0 aliphatic carbocycles. The fourth-order valence-electron chi connectivity index (χ4n) is 2.79. The Balaban J connectivity index is 1.80. The number of benzene rings is 1. The van der Waals surface area contributed by atoms with Gasteiger partial charge in [0.15, 0.2) is 0 Å². The monoisotopic (exact) mass is 398 g/mol. The highest BCUT2D eigenvalue weighted by atomic mass is 79.9. The molecule has 0 aliphatic heterocycles. The molecule has 0 aliphatic rings. The number of para-hydroxylation sites is 1. The van der Waals surface area contributed by atoms with Gasteiger partial charge in [0.1, 0.15) is 5.52 Å². The van der Waals surface area contributed by atoms with Gasteiger partial charge in [0.2, 0.25) is 5.91 Å². The number of rotatable bonds is 4. The third kappa shape index (κ3) is 3.79. The van der Waals surface area contributed by atoms with E-state index in [1.807, 2.05) is 56.1 Å². The molecule has 0 unspecified atom stereocenters. The highest BCUT2D eigenvalue weighted by Gasteiger charge is 2.13. The summed E-state index contributed by atoms with van der Waals surface area (Å²) in [5, 5.41) is 3.01. The number of amides is 1. The second-order valence-corrected chi connectivity index (χ2v) is 6.94. The molecule has 2 heterocycles. The van der Waals surface area contributed by atoms with Crippen LogP contribution in [0.5, 0.6) is 0 Å².